The molecule has 1 heterocycles. The molecule has 0 saturated carbocycles. The Morgan fingerprint density at radius 2 is 2.64 bits per heavy atom. The second-order valence-corrected chi connectivity index (χ2v) is 2.05. The van der Waals surface area contributed by atoms with Gasteiger partial charge in [-0.25, -0.2) is 0 Å². The van der Waals surface area contributed by atoms with Crippen molar-refractivity contribution in [2.24, 2.45) is 0 Å². The van der Waals surface area contributed by atoms with E-state index in [1.807, 2.05) is 0 Å². The minimum Gasteiger partial charge on any atom is -0.367 e. The predicted molar refractivity (Wildman–Crippen MR) is 44.2 cm³/mol. The van der Waals surface area contributed by atoms with Gasteiger partial charge in [-0.3, -0.25) is 0 Å². The molecule has 1 aromatic rings. The lowest BCUT2D eigenvalue weighted by Gasteiger charge is -1.98. The number of rotatable bonds is 3. The lowest BCUT2D eigenvalue weighted by atomic mass is 10.3. The van der Waals surface area contributed by atoms with Gasteiger partial charge in [-0.1, -0.05) is 6.08 Å². The molecule has 11 heavy (non-hydrogen) atoms. The second kappa shape index (κ2) is 3.47. The zero-order valence-corrected chi connectivity index (χ0v) is 6.09. The first kappa shape index (κ1) is 7.42. The van der Waals surface area contributed by atoms with Gasteiger partial charge in [0.1, 0.15) is 11.9 Å². The van der Waals surface area contributed by atoms with E-state index >= 15 is 0 Å². The van der Waals surface area contributed by atoms with Gasteiger partial charge in [0.15, 0.2) is 0 Å². The van der Waals surface area contributed by atoms with Crippen LogP contribution in [-0.4, -0.2) is 11.5 Å². The molecule has 0 radical (unpaired) electrons. The first-order valence-corrected chi connectivity index (χ1v) is 3.30. The SMILES string of the molecule is C=CCNc1[nH]ccc1C#N. The predicted octanol–water partition coefficient (Wildman–Crippen LogP) is 1.48. The summed E-state index contributed by atoms with van der Waals surface area (Å²) in [5, 5.41) is 11.6. The Balaban J connectivity index is 2.70. The van der Waals surface area contributed by atoms with Crippen molar-refractivity contribution in [2.75, 3.05) is 11.9 Å². The van der Waals surface area contributed by atoms with Crippen LogP contribution in [0.15, 0.2) is 24.9 Å². The normalized spacial score (nSPS) is 8.64. The van der Waals surface area contributed by atoms with Gasteiger partial charge >= 0.3 is 0 Å². The minimum absolute atomic E-state index is 0.631. The average molecular weight is 147 g/mol. The lowest BCUT2D eigenvalue weighted by molar-refractivity contribution is 1.26. The van der Waals surface area contributed by atoms with Crippen LogP contribution in [0, 0.1) is 11.3 Å². The fourth-order valence-corrected chi connectivity index (χ4v) is 0.783. The smallest absolute Gasteiger partial charge is 0.121 e. The van der Waals surface area contributed by atoms with Crippen molar-refractivity contribution in [1.29, 1.82) is 5.26 Å². The van der Waals surface area contributed by atoms with Gasteiger partial charge < -0.3 is 10.3 Å². The maximum atomic E-state index is 8.57. The number of H-pyrrole nitrogens is 1. The molecule has 0 aliphatic rings. The molecule has 3 heteroatoms. The molecule has 0 saturated heterocycles. The lowest BCUT2D eigenvalue weighted by Crippen LogP contribution is -1.98. The van der Waals surface area contributed by atoms with E-state index in [4.69, 9.17) is 5.26 Å². The van der Waals surface area contributed by atoms with E-state index < -0.39 is 0 Å². The van der Waals surface area contributed by atoms with E-state index in [0.29, 0.717) is 12.1 Å². The van der Waals surface area contributed by atoms with Gasteiger partial charge in [0, 0.05) is 12.7 Å². The molecule has 3 nitrogen and oxygen atoms in total. The van der Waals surface area contributed by atoms with Crippen LogP contribution in [0.25, 0.3) is 0 Å². The summed E-state index contributed by atoms with van der Waals surface area (Å²) in [7, 11) is 0. The monoisotopic (exact) mass is 147 g/mol. The van der Waals surface area contributed by atoms with E-state index in [0.717, 1.165) is 5.82 Å². The molecule has 0 spiro atoms. The van der Waals surface area contributed by atoms with Crippen LogP contribution >= 0.6 is 0 Å². The summed E-state index contributed by atoms with van der Waals surface area (Å²) in [5.41, 5.74) is 0.631. The van der Waals surface area contributed by atoms with Gasteiger partial charge in [0.2, 0.25) is 0 Å². The number of nitriles is 1. The van der Waals surface area contributed by atoms with Crippen molar-refractivity contribution in [1.82, 2.24) is 4.98 Å². The first-order chi connectivity index (χ1) is 5.38. The third-order valence-electron chi connectivity index (χ3n) is 1.29. The van der Waals surface area contributed by atoms with Crippen LogP contribution in [-0.2, 0) is 0 Å². The van der Waals surface area contributed by atoms with E-state index in [9.17, 15) is 0 Å². The highest BCUT2D eigenvalue weighted by molar-refractivity contribution is 5.52. The number of aromatic amines is 1. The zero-order valence-electron chi connectivity index (χ0n) is 6.09. The third kappa shape index (κ3) is 1.62. The van der Waals surface area contributed by atoms with Crippen molar-refractivity contribution in [3.8, 4) is 6.07 Å². The quantitative estimate of drug-likeness (QED) is 0.636. The Labute approximate surface area is 65.4 Å². The number of aromatic nitrogens is 1. The minimum atomic E-state index is 0.631. The van der Waals surface area contributed by atoms with Gasteiger partial charge in [-0.15, -0.1) is 6.58 Å². The Kier molecular flexibility index (Phi) is 2.34. The summed E-state index contributed by atoms with van der Waals surface area (Å²) in [6.07, 6.45) is 3.46. The van der Waals surface area contributed by atoms with Crippen molar-refractivity contribution >= 4 is 5.82 Å². The molecule has 0 bridgehead atoms. The number of hydrogen-bond donors (Lipinski definition) is 2. The molecular formula is C8H9N3. The summed E-state index contributed by atoms with van der Waals surface area (Å²) in [6.45, 7) is 4.22. The molecule has 0 aliphatic heterocycles. The molecule has 0 aromatic carbocycles. The summed E-state index contributed by atoms with van der Waals surface area (Å²) >= 11 is 0. The summed E-state index contributed by atoms with van der Waals surface area (Å²) in [4.78, 5) is 2.91. The Bertz CT molecular complexity index is 280. The average Bonchev–Trinajstić information content (AvgIpc) is 2.47. The van der Waals surface area contributed by atoms with Crippen LogP contribution in [0.1, 0.15) is 5.56 Å². The van der Waals surface area contributed by atoms with Crippen molar-refractivity contribution in [2.45, 2.75) is 0 Å². The van der Waals surface area contributed by atoms with Gasteiger partial charge in [0.05, 0.1) is 5.56 Å². The summed E-state index contributed by atoms with van der Waals surface area (Å²) in [6, 6.07) is 3.78. The van der Waals surface area contributed by atoms with Crippen LogP contribution in [0.5, 0.6) is 0 Å². The molecule has 0 atom stereocenters. The highest BCUT2D eigenvalue weighted by Gasteiger charge is 1.98. The Hall–Kier alpha value is -1.69. The molecule has 2 N–H and O–H groups in total. The van der Waals surface area contributed by atoms with E-state index in [1.165, 1.54) is 0 Å². The van der Waals surface area contributed by atoms with Crippen LogP contribution in [0.4, 0.5) is 5.82 Å². The Morgan fingerprint density at radius 1 is 1.82 bits per heavy atom. The number of nitrogens with one attached hydrogen (secondary N) is 2. The van der Waals surface area contributed by atoms with Gasteiger partial charge in [0.25, 0.3) is 0 Å². The van der Waals surface area contributed by atoms with Crippen molar-refractivity contribution < 1.29 is 0 Å². The molecular weight excluding hydrogens is 138 g/mol. The highest BCUT2D eigenvalue weighted by atomic mass is 15.0. The van der Waals surface area contributed by atoms with Gasteiger partial charge in [-0.05, 0) is 6.07 Å². The molecule has 56 valence electrons. The molecule has 0 unspecified atom stereocenters. The van der Waals surface area contributed by atoms with Crippen LogP contribution in [0.2, 0.25) is 0 Å². The molecule has 1 rings (SSSR count). The Morgan fingerprint density at radius 3 is 3.27 bits per heavy atom. The largest absolute Gasteiger partial charge is 0.367 e. The van der Waals surface area contributed by atoms with Crippen LogP contribution < -0.4 is 5.32 Å². The van der Waals surface area contributed by atoms with E-state index in [2.05, 4.69) is 22.9 Å². The standard InChI is InChI=1S/C8H9N3/c1-2-4-10-8-7(6-9)3-5-11-8/h2-3,5,10-11H,1,4H2. The number of hydrogen-bond acceptors (Lipinski definition) is 2. The van der Waals surface area contributed by atoms with Crippen molar-refractivity contribution in [3.63, 3.8) is 0 Å². The maximum Gasteiger partial charge on any atom is 0.121 e. The first-order valence-electron chi connectivity index (χ1n) is 3.30. The summed E-state index contributed by atoms with van der Waals surface area (Å²) < 4.78 is 0. The van der Waals surface area contributed by atoms with Gasteiger partial charge in [-0.2, -0.15) is 5.26 Å². The molecule has 1 aromatic heterocycles. The number of anilines is 1. The van der Waals surface area contributed by atoms with E-state index in [-0.39, 0.29) is 0 Å². The second-order valence-electron chi connectivity index (χ2n) is 2.05. The highest BCUT2D eigenvalue weighted by Crippen LogP contribution is 2.09. The van der Waals surface area contributed by atoms with E-state index in [1.54, 1.807) is 18.3 Å². The zero-order chi connectivity index (χ0) is 8.10. The molecule has 0 fully saturated rings. The third-order valence-corrected chi connectivity index (χ3v) is 1.29. The van der Waals surface area contributed by atoms with Crippen molar-refractivity contribution in [3.05, 3.63) is 30.5 Å². The fourth-order valence-electron chi connectivity index (χ4n) is 0.783. The number of nitrogens with zero attached hydrogens (tertiary/aromatic N) is 1. The molecule has 0 amide bonds. The maximum absolute atomic E-state index is 8.57. The summed E-state index contributed by atoms with van der Waals surface area (Å²) in [5.74, 6) is 0.757. The topological polar surface area (TPSA) is 51.6 Å². The molecule has 0 aliphatic carbocycles. The van der Waals surface area contributed by atoms with Crippen LogP contribution in [0.3, 0.4) is 0 Å². The fraction of sp³-hybridized carbons (Fsp3) is 0.125.